The Morgan fingerprint density at radius 1 is 0.969 bits per heavy atom. The SMILES string of the molecule is C=C(NCCC)c1ccc(C(Cc2ccc(-c3nc4ccccc4o3)cc2)C(C)C)cc1. The molecule has 0 saturated carbocycles. The van der Waals surface area contributed by atoms with Crippen LogP contribution in [0.25, 0.3) is 28.3 Å². The van der Waals surface area contributed by atoms with Crippen LogP contribution in [0.2, 0.25) is 0 Å². The van der Waals surface area contributed by atoms with Crippen molar-refractivity contribution in [3.05, 3.63) is 96.1 Å². The van der Waals surface area contributed by atoms with Crippen LogP contribution in [0.3, 0.4) is 0 Å². The van der Waals surface area contributed by atoms with E-state index in [1.807, 2.05) is 24.3 Å². The molecule has 0 saturated heterocycles. The first kappa shape index (κ1) is 21.9. The summed E-state index contributed by atoms with van der Waals surface area (Å²) in [5, 5.41) is 3.38. The third-order valence-electron chi connectivity index (χ3n) is 6.03. The molecule has 0 amide bonds. The minimum atomic E-state index is 0.455. The van der Waals surface area contributed by atoms with Crippen LogP contribution >= 0.6 is 0 Å². The van der Waals surface area contributed by atoms with E-state index in [0.717, 1.165) is 47.3 Å². The Labute approximate surface area is 191 Å². The second kappa shape index (κ2) is 9.86. The standard InChI is InChI=1S/C29H32N2O/c1-5-18-30-21(4)23-14-16-24(17-15-23)26(20(2)3)19-22-10-12-25(13-11-22)29-31-27-8-6-7-9-28(27)32-29/h6-17,20,26,30H,4-5,18-19H2,1-3H3. The molecule has 0 aliphatic heterocycles. The highest BCUT2D eigenvalue weighted by atomic mass is 16.3. The molecular formula is C29H32N2O. The van der Waals surface area contributed by atoms with Gasteiger partial charge in [-0.3, -0.25) is 0 Å². The molecule has 0 spiro atoms. The van der Waals surface area contributed by atoms with E-state index >= 15 is 0 Å². The number of hydrogen-bond acceptors (Lipinski definition) is 3. The van der Waals surface area contributed by atoms with Crippen LogP contribution in [-0.4, -0.2) is 11.5 Å². The Morgan fingerprint density at radius 3 is 2.34 bits per heavy atom. The van der Waals surface area contributed by atoms with Gasteiger partial charge < -0.3 is 9.73 Å². The maximum atomic E-state index is 5.91. The average molecular weight is 425 g/mol. The molecule has 1 N–H and O–H groups in total. The van der Waals surface area contributed by atoms with Crippen molar-refractivity contribution in [2.24, 2.45) is 5.92 Å². The number of aromatic nitrogens is 1. The zero-order chi connectivity index (χ0) is 22.5. The van der Waals surface area contributed by atoms with Crippen molar-refractivity contribution in [1.82, 2.24) is 10.3 Å². The predicted molar refractivity (Wildman–Crippen MR) is 134 cm³/mol. The third-order valence-corrected chi connectivity index (χ3v) is 6.03. The summed E-state index contributed by atoms with van der Waals surface area (Å²) in [5.74, 6) is 1.67. The van der Waals surface area contributed by atoms with E-state index in [4.69, 9.17) is 4.42 Å². The lowest BCUT2D eigenvalue weighted by atomic mass is 9.83. The van der Waals surface area contributed by atoms with E-state index in [0.29, 0.717) is 17.7 Å². The number of hydrogen-bond donors (Lipinski definition) is 1. The molecule has 0 bridgehead atoms. The fourth-order valence-electron chi connectivity index (χ4n) is 4.08. The van der Waals surface area contributed by atoms with Crippen molar-refractivity contribution in [3.8, 4) is 11.5 Å². The molecular weight excluding hydrogens is 392 g/mol. The van der Waals surface area contributed by atoms with Gasteiger partial charge in [0.05, 0.1) is 0 Å². The molecule has 0 radical (unpaired) electrons. The summed E-state index contributed by atoms with van der Waals surface area (Å²) in [6, 6.07) is 25.4. The van der Waals surface area contributed by atoms with Crippen molar-refractivity contribution >= 4 is 16.8 Å². The van der Waals surface area contributed by atoms with E-state index < -0.39 is 0 Å². The second-order valence-electron chi connectivity index (χ2n) is 8.77. The first-order valence-electron chi connectivity index (χ1n) is 11.5. The molecule has 1 unspecified atom stereocenters. The van der Waals surface area contributed by atoms with Crippen molar-refractivity contribution in [2.45, 2.75) is 39.5 Å². The van der Waals surface area contributed by atoms with Gasteiger partial charge in [-0.15, -0.1) is 0 Å². The van der Waals surface area contributed by atoms with Crippen molar-refractivity contribution in [1.29, 1.82) is 0 Å². The van der Waals surface area contributed by atoms with Gasteiger partial charge in [-0.05, 0) is 65.6 Å². The zero-order valence-electron chi connectivity index (χ0n) is 19.3. The van der Waals surface area contributed by atoms with Crippen LogP contribution in [0, 0.1) is 5.92 Å². The first-order valence-corrected chi connectivity index (χ1v) is 11.5. The van der Waals surface area contributed by atoms with Gasteiger partial charge in [0.15, 0.2) is 5.58 Å². The highest BCUT2D eigenvalue weighted by Crippen LogP contribution is 2.31. The largest absolute Gasteiger partial charge is 0.436 e. The molecule has 0 aliphatic rings. The maximum absolute atomic E-state index is 5.91. The highest BCUT2D eigenvalue weighted by Gasteiger charge is 2.17. The summed E-state index contributed by atoms with van der Waals surface area (Å²) in [4.78, 5) is 4.61. The minimum absolute atomic E-state index is 0.455. The molecule has 164 valence electrons. The number of nitrogens with zero attached hydrogens (tertiary/aromatic N) is 1. The molecule has 1 heterocycles. The average Bonchev–Trinajstić information content (AvgIpc) is 3.25. The van der Waals surface area contributed by atoms with E-state index in [9.17, 15) is 0 Å². The summed E-state index contributed by atoms with van der Waals surface area (Å²) in [6.45, 7) is 11.9. The Balaban J connectivity index is 1.48. The summed E-state index contributed by atoms with van der Waals surface area (Å²) in [7, 11) is 0. The maximum Gasteiger partial charge on any atom is 0.227 e. The van der Waals surface area contributed by atoms with Crippen LogP contribution in [0.5, 0.6) is 0 Å². The Kier molecular flexibility index (Phi) is 6.75. The molecule has 4 aromatic rings. The molecule has 1 atom stereocenters. The van der Waals surface area contributed by atoms with Crippen LogP contribution in [0.4, 0.5) is 0 Å². The fourth-order valence-corrected chi connectivity index (χ4v) is 4.08. The monoisotopic (exact) mass is 424 g/mol. The van der Waals surface area contributed by atoms with Crippen molar-refractivity contribution in [3.63, 3.8) is 0 Å². The number of para-hydroxylation sites is 2. The van der Waals surface area contributed by atoms with Crippen molar-refractivity contribution < 1.29 is 4.42 Å². The summed E-state index contributed by atoms with van der Waals surface area (Å²) >= 11 is 0. The van der Waals surface area contributed by atoms with E-state index in [1.54, 1.807) is 0 Å². The van der Waals surface area contributed by atoms with Gasteiger partial charge in [0.25, 0.3) is 0 Å². The van der Waals surface area contributed by atoms with Gasteiger partial charge in [0.2, 0.25) is 5.89 Å². The molecule has 3 nitrogen and oxygen atoms in total. The van der Waals surface area contributed by atoms with Gasteiger partial charge >= 0.3 is 0 Å². The third kappa shape index (κ3) is 4.94. The van der Waals surface area contributed by atoms with Crippen LogP contribution in [0.15, 0.2) is 83.8 Å². The van der Waals surface area contributed by atoms with E-state index in [-0.39, 0.29) is 0 Å². The number of benzene rings is 3. The van der Waals surface area contributed by atoms with Crippen LogP contribution in [-0.2, 0) is 6.42 Å². The lowest BCUT2D eigenvalue weighted by Gasteiger charge is -2.22. The van der Waals surface area contributed by atoms with E-state index in [1.165, 1.54) is 11.1 Å². The molecule has 3 heteroatoms. The summed E-state index contributed by atoms with van der Waals surface area (Å²) in [5.41, 5.74) is 7.57. The summed E-state index contributed by atoms with van der Waals surface area (Å²) in [6.07, 6.45) is 2.09. The quantitative estimate of drug-likeness (QED) is 0.303. The van der Waals surface area contributed by atoms with Gasteiger partial charge in [-0.25, -0.2) is 4.98 Å². The van der Waals surface area contributed by atoms with E-state index in [2.05, 4.69) is 86.2 Å². The Hall–Kier alpha value is -3.33. The Morgan fingerprint density at radius 2 is 1.69 bits per heavy atom. The lowest BCUT2D eigenvalue weighted by Crippen LogP contribution is -2.13. The summed E-state index contributed by atoms with van der Waals surface area (Å²) < 4.78 is 5.91. The first-order chi connectivity index (χ1) is 15.5. The molecule has 4 rings (SSSR count). The van der Waals surface area contributed by atoms with Gasteiger partial charge in [-0.1, -0.05) is 75.9 Å². The number of nitrogens with one attached hydrogen (secondary N) is 1. The predicted octanol–water partition coefficient (Wildman–Crippen LogP) is 7.45. The molecule has 0 aliphatic carbocycles. The van der Waals surface area contributed by atoms with Gasteiger partial charge in [0.1, 0.15) is 5.52 Å². The number of rotatable bonds is 9. The fraction of sp³-hybridized carbons (Fsp3) is 0.276. The molecule has 32 heavy (non-hydrogen) atoms. The Bertz CT molecular complexity index is 1140. The molecule has 3 aromatic carbocycles. The zero-order valence-corrected chi connectivity index (χ0v) is 19.3. The molecule has 1 aromatic heterocycles. The normalized spacial score (nSPS) is 12.2. The number of oxazole rings is 1. The smallest absolute Gasteiger partial charge is 0.227 e. The van der Waals surface area contributed by atoms with Crippen molar-refractivity contribution in [2.75, 3.05) is 6.54 Å². The van der Waals surface area contributed by atoms with Gasteiger partial charge in [0, 0.05) is 17.8 Å². The lowest BCUT2D eigenvalue weighted by molar-refractivity contribution is 0.495. The second-order valence-corrected chi connectivity index (χ2v) is 8.77. The molecule has 0 fully saturated rings. The minimum Gasteiger partial charge on any atom is -0.436 e. The van der Waals surface area contributed by atoms with Crippen LogP contribution < -0.4 is 5.32 Å². The van der Waals surface area contributed by atoms with Gasteiger partial charge in [-0.2, -0.15) is 0 Å². The van der Waals surface area contributed by atoms with Crippen LogP contribution in [0.1, 0.15) is 49.8 Å². The topological polar surface area (TPSA) is 38.1 Å². The number of fused-ring (bicyclic) bond motifs is 1. The highest BCUT2D eigenvalue weighted by molar-refractivity contribution is 5.76.